The number of hydrogen-bond acceptors (Lipinski definition) is 7. The third-order valence-electron chi connectivity index (χ3n) is 2.45. The number of hydrogen-bond donors (Lipinski definition) is 2. The summed E-state index contributed by atoms with van der Waals surface area (Å²) >= 11 is 1.34. The minimum atomic E-state index is 0.591. The number of rotatable bonds is 3. The van der Waals surface area contributed by atoms with Crippen LogP contribution in [-0.2, 0) is 6.42 Å². The molecule has 0 radical (unpaired) electrons. The second kappa shape index (κ2) is 4.26. The molecule has 0 aromatic carbocycles. The molecule has 0 aliphatic carbocycles. The van der Waals surface area contributed by atoms with E-state index in [0.717, 1.165) is 22.7 Å². The van der Waals surface area contributed by atoms with E-state index >= 15 is 0 Å². The first kappa shape index (κ1) is 11.0. The molecular weight excluding hydrogens is 252 g/mol. The van der Waals surface area contributed by atoms with Gasteiger partial charge in [-0.2, -0.15) is 5.10 Å². The maximum atomic E-state index is 5.89. The highest BCUT2D eigenvalue weighted by atomic mass is 32.2. The quantitative estimate of drug-likeness (QED) is 0.518. The van der Waals surface area contributed by atoms with Crippen molar-refractivity contribution in [3.63, 3.8) is 0 Å². The molecule has 92 valence electrons. The van der Waals surface area contributed by atoms with Crippen LogP contribution in [-0.4, -0.2) is 35.0 Å². The van der Waals surface area contributed by atoms with Crippen LogP contribution in [0.1, 0.15) is 12.7 Å². The molecule has 0 aliphatic rings. The SMILES string of the molecule is CCc1nnc(Sc2ncnc3[nH]ncc23)n1N. The van der Waals surface area contributed by atoms with Crippen LogP contribution in [0.15, 0.2) is 22.7 Å². The van der Waals surface area contributed by atoms with Gasteiger partial charge in [-0.05, 0) is 11.8 Å². The highest BCUT2D eigenvalue weighted by molar-refractivity contribution is 7.99. The molecule has 0 bridgehead atoms. The monoisotopic (exact) mass is 262 g/mol. The van der Waals surface area contributed by atoms with Gasteiger partial charge in [-0.3, -0.25) is 5.10 Å². The largest absolute Gasteiger partial charge is 0.336 e. The minimum Gasteiger partial charge on any atom is -0.336 e. The number of nitrogens with two attached hydrogens (primary N) is 1. The number of nitrogens with zero attached hydrogens (tertiary/aromatic N) is 6. The predicted molar refractivity (Wildman–Crippen MR) is 65.4 cm³/mol. The predicted octanol–water partition coefficient (Wildman–Crippen LogP) is 0.372. The zero-order valence-electron chi connectivity index (χ0n) is 9.53. The van der Waals surface area contributed by atoms with Crippen molar-refractivity contribution in [2.24, 2.45) is 0 Å². The first-order valence-corrected chi connectivity index (χ1v) is 6.12. The Morgan fingerprint density at radius 2 is 2.28 bits per heavy atom. The first-order valence-electron chi connectivity index (χ1n) is 5.31. The van der Waals surface area contributed by atoms with Gasteiger partial charge in [0.2, 0.25) is 5.16 Å². The van der Waals surface area contributed by atoms with E-state index in [4.69, 9.17) is 5.84 Å². The Hall–Kier alpha value is -2.16. The van der Waals surface area contributed by atoms with Crippen molar-refractivity contribution in [3.8, 4) is 0 Å². The molecule has 0 aliphatic heterocycles. The fraction of sp³-hybridized carbons (Fsp3) is 0.222. The summed E-state index contributed by atoms with van der Waals surface area (Å²) < 4.78 is 1.47. The second-order valence-corrected chi connectivity index (χ2v) is 4.49. The lowest BCUT2D eigenvalue weighted by Crippen LogP contribution is -2.13. The lowest BCUT2D eigenvalue weighted by molar-refractivity contribution is 0.795. The van der Waals surface area contributed by atoms with Crippen LogP contribution >= 0.6 is 11.8 Å². The van der Waals surface area contributed by atoms with Crippen molar-refractivity contribution in [3.05, 3.63) is 18.3 Å². The third kappa shape index (κ3) is 1.68. The Balaban J connectivity index is 2.01. The van der Waals surface area contributed by atoms with Gasteiger partial charge in [-0.1, -0.05) is 6.92 Å². The zero-order valence-corrected chi connectivity index (χ0v) is 10.3. The van der Waals surface area contributed by atoms with Crippen molar-refractivity contribution in [2.75, 3.05) is 5.84 Å². The summed E-state index contributed by atoms with van der Waals surface area (Å²) in [5, 5.41) is 16.9. The van der Waals surface area contributed by atoms with Gasteiger partial charge >= 0.3 is 0 Å². The third-order valence-corrected chi connectivity index (χ3v) is 3.43. The number of aryl methyl sites for hydroxylation is 1. The van der Waals surface area contributed by atoms with E-state index in [9.17, 15) is 0 Å². The molecule has 8 nitrogen and oxygen atoms in total. The van der Waals surface area contributed by atoms with E-state index in [2.05, 4.69) is 30.4 Å². The fourth-order valence-corrected chi connectivity index (χ4v) is 2.35. The summed E-state index contributed by atoms with van der Waals surface area (Å²) in [6.45, 7) is 1.97. The Kier molecular flexibility index (Phi) is 2.59. The smallest absolute Gasteiger partial charge is 0.216 e. The maximum Gasteiger partial charge on any atom is 0.216 e. The standard InChI is InChI=1S/C9H10N8S/c1-2-6-14-16-9(17(6)10)18-8-5-3-13-15-7(5)11-4-12-8/h3-4H,2,10H2,1H3,(H,11,12,13,15). The van der Waals surface area contributed by atoms with Gasteiger partial charge in [0, 0.05) is 6.42 Å². The van der Waals surface area contributed by atoms with Crippen molar-refractivity contribution < 1.29 is 0 Å². The van der Waals surface area contributed by atoms with Gasteiger partial charge in [-0.25, -0.2) is 14.6 Å². The molecular formula is C9H10N8S. The van der Waals surface area contributed by atoms with Crippen LogP contribution < -0.4 is 5.84 Å². The summed E-state index contributed by atoms with van der Waals surface area (Å²) in [6, 6.07) is 0. The highest BCUT2D eigenvalue weighted by Crippen LogP contribution is 2.28. The van der Waals surface area contributed by atoms with Crippen molar-refractivity contribution in [2.45, 2.75) is 23.5 Å². The molecule has 18 heavy (non-hydrogen) atoms. The molecule has 0 unspecified atom stereocenters. The normalized spacial score (nSPS) is 11.2. The summed E-state index contributed by atoms with van der Waals surface area (Å²) in [4.78, 5) is 8.28. The molecule has 3 aromatic heterocycles. The van der Waals surface area contributed by atoms with E-state index in [1.165, 1.54) is 22.8 Å². The summed E-state index contributed by atoms with van der Waals surface area (Å²) in [7, 11) is 0. The lowest BCUT2D eigenvalue weighted by atomic mass is 10.4. The van der Waals surface area contributed by atoms with Crippen LogP contribution in [0.25, 0.3) is 11.0 Å². The van der Waals surface area contributed by atoms with Crippen molar-refractivity contribution in [1.29, 1.82) is 0 Å². The summed E-state index contributed by atoms with van der Waals surface area (Å²) in [5.74, 6) is 6.62. The fourth-order valence-electron chi connectivity index (χ4n) is 1.53. The van der Waals surface area contributed by atoms with E-state index in [1.54, 1.807) is 6.20 Å². The van der Waals surface area contributed by atoms with E-state index in [1.807, 2.05) is 6.92 Å². The van der Waals surface area contributed by atoms with Gasteiger partial charge in [0.1, 0.15) is 11.4 Å². The van der Waals surface area contributed by atoms with Gasteiger partial charge in [0.15, 0.2) is 11.5 Å². The van der Waals surface area contributed by atoms with Crippen molar-refractivity contribution >= 4 is 22.8 Å². The lowest BCUT2D eigenvalue weighted by Gasteiger charge is -2.01. The van der Waals surface area contributed by atoms with Gasteiger partial charge in [0.25, 0.3) is 0 Å². The minimum absolute atomic E-state index is 0.591. The van der Waals surface area contributed by atoms with Crippen LogP contribution in [0.2, 0.25) is 0 Å². The molecule has 0 atom stereocenters. The number of aromatic nitrogens is 7. The van der Waals surface area contributed by atoms with Gasteiger partial charge in [0.05, 0.1) is 11.6 Å². The number of nitrogen functional groups attached to an aromatic ring is 1. The number of aromatic amines is 1. The maximum absolute atomic E-state index is 5.89. The van der Waals surface area contributed by atoms with E-state index in [0.29, 0.717) is 10.8 Å². The molecule has 9 heteroatoms. The highest BCUT2D eigenvalue weighted by Gasteiger charge is 2.13. The molecule has 3 rings (SSSR count). The van der Waals surface area contributed by atoms with Crippen LogP contribution in [0.3, 0.4) is 0 Å². The molecule has 0 fully saturated rings. The molecule has 0 saturated heterocycles. The van der Waals surface area contributed by atoms with E-state index in [-0.39, 0.29) is 0 Å². The van der Waals surface area contributed by atoms with Crippen molar-refractivity contribution in [1.82, 2.24) is 35.0 Å². The number of nitrogens with one attached hydrogen (secondary N) is 1. The summed E-state index contributed by atoms with van der Waals surface area (Å²) in [5.41, 5.74) is 0.686. The van der Waals surface area contributed by atoms with Gasteiger partial charge in [-0.15, -0.1) is 10.2 Å². The second-order valence-electron chi connectivity index (χ2n) is 3.54. The average Bonchev–Trinajstić information content (AvgIpc) is 2.98. The Morgan fingerprint density at radius 1 is 1.39 bits per heavy atom. The molecule has 0 saturated carbocycles. The summed E-state index contributed by atoms with van der Waals surface area (Å²) in [6.07, 6.45) is 3.88. The Morgan fingerprint density at radius 3 is 3.06 bits per heavy atom. The zero-order chi connectivity index (χ0) is 12.5. The van der Waals surface area contributed by atoms with Crippen LogP contribution in [0, 0.1) is 0 Å². The van der Waals surface area contributed by atoms with E-state index < -0.39 is 0 Å². The molecule has 3 aromatic rings. The number of H-pyrrole nitrogens is 1. The molecule has 3 heterocycles. The van der Waals surface area contributed by atoms with Crippen LogP contribution in [0.4, 0.5) is 0 Å². The molecule has 0 amide bonds. The first-order chi connectivity index (χ1) is 8.79. The topological polar surface area (TPSA) is 111 Å². The molecule has 3 N–H and O–H groups in total. The Bertz CT molecular complexity index is 687. The molecule has 0 spiro atoms. The Labute approximate surface area is 106 Å². The van der Waals surface area contributed by atoms with Gasteiger partial charge < -0.3 is 5.84 Å². The average molecular weight is 262 g/mol. The number of fused-ring (bicyclic) bond motifs is 1. The van der Waals surface area contributed by atoms with Crippen LogP contribution in [0.5, 0.6) is 0 Å².